The van der Waals surface area contributed by atoms with Gasteiger partial charge in [0.2, 0.25) is 0 Å². The summed E-state index contributed by atoms with van der Waals surface area (Å²) in [5.74, 6) is 2.29. The smallest absolute Gasteiger partial charge is 0.0471 e. The van der Waals surface area contributed by atoms with Gasteiger partial charge in [-0.2, -0.15) is 0 Å². The van der Waals surface area contributed by atoms with Crippen molar-refractivity contribution in [3.63, 3.8) is 0 Å². The normalized spacial score (nSPS) is 35.5. The Morgan fingerprint density at radius 3 is 2.65 bits per heavy atom. The molecule has 0 aromatic heterocycles. The molecule has 1 saturated heterocycles. The highest BCUT2D eigenvalue weighted by Crippen LogP contribution is 2.33. The first kappa shape index (κ1) is 16.3. The van der Waals surface area contributed by atoms with E-state index in [4.69, 9.17) is 0 Å². The van der Waals surface area contributed by atoms with Crippen molar-refractivity contribution in [3.8, 4) is 0 Å². The number of nitrogens with zero attached hydrogens (tertiary/aromatic N) is 1. The van der Waals surface area contributed by atoms with Crippen LogP contribution in [-0.4, -0.2) is 48.8 Å². The van der Waals surface area contributed by atoms with E-state index in [0.717, 1.165) is 31.0 Å². The zero-order valence-electron chi connectivity index (χ0n) is 13.5. The molecule has 0 radical (unpaired) electrons. The number of nitrogens with one attached hydrogen (secondary N) is 1. The quantitative estimate of drug-likeness (QED) is 0.753. The first-order chi connectivity index (χ1) is 9.76. The van der Waals surface area contributed by atoms with E-state index in [-0.39, 0.29) is 0 Å². The van der Waals surface area contributed by atoms with Crippen molar-refractivity contribution in [2.24, 2.45) is 17.8 Å². The second-order valence-corrected chi connectivity index (χ2v) is 7.00. The number of hydrogen-bond donors (Lipinski definition) is 2. The maximum Gasteiger partial charge on any atom is 0.0471 e. The van der Waals surface area contributed by atoms with Crippen molar-refractivity contribution < 1.29 is 5.11 Å². The third-order valence-electron chi connectivity index (χ3n) is 5.45. The van der Waals surface area contributed by atoms with E-state index in [1.54, 1.807) is 0 Å². The van der Waals surface area contributed by atoms with Crippen LogP contribution in [0.25, 0.3) is 0 Å². The summed E-state index contributed by atoms with van der Waals surface area (Å²) in [6.07, 6.45) is 7.94. The molecule has 4 unspecified atom stereocenters. The first-order valence-electron chi connectivity index (χ1n) is 8.83. The van der Waals surface area contributed by atoms with Crippen LogP contribution in [0.4, 0.5) is 0 Å². The summed E-state index contributed by atoms with van der Waals surface area (Å²) < 4.78 is 0. The van der Waals surface area contributed by atoms with Crippen LogP contribution in [0.2, 0.25) is 0 Å². The second-order valence-electron chi connectivity index (χ2n) is 7.00. The van der Waals surface area contributed by atoms with E-state index in [0.29, 0.717) is 12.5 Å². The molecule has 0 aromatic rings. The van der Waals surface area contributed by atoms with Gasteiger partial charge >= 0.3 is 0 Å². The van der Waals surface area contributed by atoms with Crippen LogP contribution in [0.15, 0.2) is 0 Å². The molecule has 2 aliphatic rings. The van der Waals surface area contributed by atoms with E-state index >= 15 is 0 Å². The largest absolute Gasteiger partial charge is 0.396 e. The Balaban J connectivity index is 1.86. The van der Waals surface area contributed by atoms with Gasteiger partial charge in [-0.3, -0.25) is 0 Å². The Bertz CT molecular complexity index is 272. The van der Waals surface area contributed by atoms with Gasteiger partial charge in [0.15, 0.2) is 0 Å². The Labute approximate surface area is 125 Å². The molecule has 4 atom stereocenters. The predicted octanol–water partition coefficient (Wildman–Crippen LogP) is 2.50. The Hall–Kier alpha value is -0.120. The average molecular weight is 282 g/mol. The summed E-state index contributed by atoms with van der Waals surface area (Å²) in [4.78, 5) is 2.60. The fourth-order valence-electron chi connectivity index (χ4n) is 4.09. The second kappa shape index (κ2) is 8.35. The lowest BCUT2D eigenvalue weighted by Crippen LogP contribution is -2.45. The zero-order chi connectivity index (χ0) is 14.4. The summed E-state index contributed by atoms with van der Waals surface area (Å²) in [7, 11) is 0. The highest BCUT2D eigenvalue weighted by atomic mass is 16.3. The van der Waals surface area contributed by atoms with Gasteiger partial charge in [0.25, 0.3) is 0 Å². The number of rotatable bonds is 7. The van der Waals surface area contributed by atoms with Gasteiger partial charge in [-0.15, -0.1) is 0 Å². The SMILES string of the molecule is CCCNC1CCC(CC)CC1CN1CCC(CO)C1. The van der Waals surface area contributed by atoms with Crippen LogP contribution >= 0.6 is 0 Å². The minimum atomic E-state index is 0.371. The minimum absolute atomic E-state index is 0.371. The van der Waals surface area contributed by atoms with Crippen LogP contribution in [0, 0.1) is 17.8 Å². The maximum atomic E-state index is 9.30. The lowest BCUT2D eigenvalue weighted by molar-refractivity contribution is 0.145. The maximum absolute atomic E-state index is 9.30. The van der Waals surface area contributed by atoms with Crippen molar-refractivity contribution in [1.29, 1.82) is 0 Å². The molecule has 3 nitrogen and oxygen atoms in total. The highest BCUT2D eigenvalue weighted by molar-refractivity contribution is 4.88. The molecule has 1 saturated carbocycles. The molecular formula is C17H34N2O. The van der Waals surface area contributed by atoms with Crippen molar-refractivity contribution in [2.45, 2.75) is 58.4 Å². The van der Waals surface area contributed by atoms with Gasteiger partial charge in [-0.1, -0.05) is 20.3 Å². The van der Waals surface area contributed by atoms with E-state index in [1.807, 2.05) is 0 Å². The molecule has 1 aliphatic carbocycles. The molecule has 0 aromatic carbocycles. The molecule has 1 aliphatic heterocycles. The molecule has 0 spiro atoms. The first-order valence-corrected chi connectivity index (χ1v) is 8.83. The van der Waals surface area contributed by atoms with Gasteiger partial charge in [-0.05, 0) is 62.9 Å². The van der Waals surface area contributed by atoms with Gasteiger partial charge in [0.05, 0.1) is 0 Å². The summed E-state index contributed by atoms with van der Waals surface area (Å²) in [6, 6.07) is 0.728. The monoisotopic (exact) mass is 282 g/mol. The van der Waals surface area contributed by atoms with Crippen LogP contribution in [0.3, 0.4) is 0 Å². The fourth-order valence-corrected chi connectivity index (χ4v) is 4.09. The summed E-state index contributed by atoms with van der Waals surface area (Å²) in [5.41, 5.74) is 0. The molecule has 0 amide bonds. The fraction of sp³-hybridized carbons (Fsp3) is 1.00. The van der Waals surface area contributed by atoms with Crippen molar-refractivity contribution in [2.75, 3.05) is 32.8 Å². The molecular weight excluding hydrogens is 248 g/mol. The Kier molecular flexibility index (Phi) is 6.79. The average Bonchev–Trinajstić information content (AvgIpc) is 2.93. The number of aliphatic hydroxyl groups is 1. The molecule has 2 rings (SSSR count). The predicted molar refractivity (Wildman–Crippen MR) is 84.8 cm³/mol. The lowest BCUT2D eigenvalue weighted by atomic mass is 9.76. The summed E-state index contributed by atoms with van der Waals surface area (Å²) in [5, 5.41) is 13.1. The van der Waals surface area contributed by atoms with Crippen LogP contribution < -0.4 is 5.32 Å². The Morgan fingerprint density at radius 2 is 2.00 bits per heavy atom. The molecule has 20 heavy (non-hydrogen) atoms. The van der Waals surface area contributed by atoms with Crippen LogP contribution in [0.1, 0.15) is 52.4 Å². The molecule has 0 bridgehead atoms. The van der Waals surface area contributed by atoms with Crippen molar-refractivity contribution in [1.82, 2.24) is 10.2 Å². The van der Waals surface area contributed by atoms with Gasteiger partial charge in [0, 0.05) is 25.7 Å². The van der Waals surface area contributed by atoms with Gasteiger partial charge < -0.3 is 15.3 Å². The molecule has 1 heterocycles. The van der Waals surface area contributed by atoms with Crippen LogP contribution in [-0.2, 0) is 0 Å². The number of likely N-dealkylation sites (tertiary alicyclic amines) is 1. The van der Waals surface area contributed by atoms with Crippen molar-refractivity contribution >= 4 is 0 Å². The van der Waals surface area contributed by atoms with E-state index in [9.17, 15) is 5.11 Å². The molecule has 3 heteroatoms. The molecule has 2 fully saturated rings. The van der Waals surface area contributed by atoms with Crippen LogP contribution in [0.5, 0.6) is 0 Å². The van der Waals surface area contributed by atoms with Crippen molar-refractivity contribution in [3.05, 3.63) is 0 Å². The van der Waals surface area contributed by atoms with E-state index in [1.165, 1.54) is 51.6 Å². The summed E-state index contributed by atoms with van der Waals surface area (Å²) >= 11 is 0. The topological polar surface area (TPSA) is 35.5 Å². The highest BCUT2D eigenvalue weighted by Gasteiger charge is 2.32. The Morgan fingerprint density at radius 1 is 1.15 bits per heavy atom. The van der Waals surface area contributed by atoms with Gasteiger partial charge in [0.1, 0.15) is 0 Å². The third-order valence-corrected chi connectivity index (χ3v) is 5.45. The van der Waals surface area contributed by atoms with E-state index in [2.05, 4.69) is 24.1 Å². The molecule has 2 N–H and O–H groups in total. The standard InChI is InChI=1S/C17H34N2O/c1-3-8-18-17-6-5-14(4-2)10-16(17)12-19-9-7-15(11-19)13-20/h14-18,20H,3-13H2,1-2H3. The third kappa shape index (κ3) is 4.44. The van der Waals surface area contributed by atoms with E-state index < -0.39 is 0 Å². The number of hydrogen-bond acceptors (Lipinski definition) is 3. The zero-order valence-corrected chi connectivity index (χ0v) is 13.5. The summed E-state index contributed by atoms with van der Waals surface area (Å²) in [6.45, 7) is 9.69. The lowest BCUT2D eigenvalue weighted by Gasteiger charge is -2.38. The van der Waals surface area contributed by atoms with Gasteiger partial charge in [-0.25, -0.2) is 0 Å². The molecule has 118 valence electrons. The number of aliphatic hydroxyl groups excluding tert-OH is 1. The minimum Gasteiger partial charge on any atom is -0.396 e.